The van der Waals surface area contributed by atoms with E-state index in [2.05, 4.69) is 25.1 Å². The van der Waals surface area contributed by atoms with Gasteiger partial charge in [-0.15, -0.1) is 0 Å². The van der Waals surface area contributed by atoms with E-state index < -0.39 is 0 Å². The summed E-state index contributed by atoms with van der Waals surface area (Å²) in [6.07, 6.45) is 5.73. The SMILES string of the molecule is Cc1cccc(/C=C/c2ccn(Cc3cccc(C#N)c3)c(=O)c2)c1. The summed E-state index contributed by atoms with van der Waals surface area (Å²) in [7, 11) is 0. The summed E-state index contributed by atoms with van der Waals surface area (Å²) in [5, 5.41) is 8.96. The molecule has 1 heterocycles. The van der Waals surface area contributed by atoms with Crippen molar-refractivity contribution in [2.45, 2.75) is 13.5 Å². The Morgan fingerprint density at radius 2 is 1.76 bits per heavy atom. The third kappa shape index (κ3) is 4.33. The molecule has 0 unspecified atom stereocenters. The average Bonchev–Trinajstić information content (AvgIpc) is 2.62. The molecular weight excluding hydrogens is 308 g/mol. The first kappa shape index (κ1) is 16.5. The topological polar surface area (TPSA) is 45.8 Å². The summed E-state index contributed by atoms with van der Waals surface area (Å²) >= 11 is 0. The van der Waals surface area contributed by atoms with Crippen LogP contribution in [0.25, 0.3) is 12.2 Å². The minimum absolute atomic E-state index is 0.0613. The maximum Gasteiger partial charge on any atom is 0.251 e. The Kier molecular flexibility index (Phi) is 4.92. The van der Waals surface area contributed by atoms with Crippen molar-refractivity contribution in [1.29, 1.82) is 5.26 Å². The summed E-state index contributed by atoms with van der Waals surface area (Å²) in [6.45, 7) is 2.51. The van der Waals surface area contributed by atoms with Gasteiger partial charge in [-0.25, -0.2) is 0 Å². The van der Waals surface area contributed by atoms with Gasteiger partial charge in [0.15, 0.2) is 0 Å². The fourth-order valence-electron chi connectivity index (χ4n) is 2.66. The molecule has 0 N–H and O–H groups in total. The standard InChI is InChI=1S/C22H18N2O/c1-17-4-2-5-18(12-17)8-9-19-10-11-24(22(25)14-19)16-21-7-3-6-20(13-21)15-23/h2-14H,16H2,1H3/b9-8+. The number of nitrogens with zero attached hydrogens (tertiary/aromatic N) is 2. The Morgan fingerprint density at radius 1 is 1.00 bits per heavy atom. The molecule has 0 saturated carbocycles. The van der Waals surface area contributed by atoms with E-state index in [-0.39, 0.29) is 5.56 Å². The van der Waals surface area contributed by atoms with Crippen molar-refractivity contribution in [2.75, 3.05) is 0 Å². The number of pyridine rings is 1. The van der Waals surface area contributed by atoms with E-state index in [1.807, 2.05) is 42.5 Å². The molecule has 0 aliphatic carbocycles. The second-order valence-corrected chi connectivity index (χ2v) is 5.99. The van der Waals surface area contributed by atoms with Gasteiger partial charge in [0.1, 0.15) is 0 Å². The summed E-state index contributed by atoms with van der Waals surface area (Å²) < 4.78 is 1.64. The number of hydrogen-bond acceptors (Lipinski definition) is 2. The van der Waals surface area contributed by atoms with Crippen molar-refractivity contribution in [3.63, 3.8) is 0 Å². The smallest absolute Gasteiger partial charge is 0.251 e. The Morgan fingerprint density at radius 3 is 2.48 bits per heavy atom. The fourth-order valence-corrected chi connectivity index (χ4v) is 2.66. The van der Waals surface area contributed by atoms with E-state index in [9.17, 15) is 4.79 Å². The highest BCUT2D eigenvalue weighted by molar-refractivity contribution is 5.69. The second kappa shape index (κ2) is 7.46. The second-order valence-electron chi connectivity index (χ2n) is 5.99. The van der Waals surface area contributed by atoms with Crippen LogP contribution in [0, 0.1) is 18.3 Å². The van der Waals surface area contributed by atoms with Gasteiger partial charge >= 0.3 is 0 Å². The average molecular weight is 326 g/mol. The van der Waals surface area contributed by atoms with Crippen molar-refractivity contribution in [1.82, 2.24) is 4.57 Å². The van der Waals surface area contributed by atoms with E-state index in [1.165, 1.54) is 5.56 Å². The van der Waals surface area contributed by atoms with Crippen LogP contribution in [0.1, 0.15) is 27.8 Å². The van der Waals surface area contributed by atoms with E-state index in [0.29, 0.717) is 12.1 Å². The van der Waals surface area contributed by atoms with Crippen molar-refractivity contribution in [3.8, 4) is 6.07 Å². The molecule has 122 valence electrons. The van der Waals surface area contributed by atoms with Crippen molar-refractivity contribution < 1.29 is 0 Å². The van der Waals surface area contributed by atoms with Crippen LogP contribution in [0.2, 0.25) is 0 Å². The van der Waals surface area contributed by atoms with Crippen LogP contribution < -0.4 is 5.56 Å². The fraction of sp³-hybridized carbons (Fsp3) is 0.0909. The predicted molar refractivity (Wildman–Crippen MR) is 101 cm³/mol. The Bertz CT molecular complexity index is 1020. The molecule has 0 fully saturated rings. The Balaban J connectivity index is 1.79. The molecule has 3 heteroatoms. The number of aromatic nitrogens is 1. The highest BCUT2D eigenvalue weighted by atomic mass is 16.1. The molecule has 3 aromatic rings. The minimum atomic E-state index is -0.0613. The summed E-state index contributed by atoms with van der Waals surface area (Å²) in [6, 6.07) is 21.2. The van der Waals surface area contributed by atoms with Gasteiger partial charge in [0.2, 0.25) is 0 Å². The van der Waals surface area contributed by atoms with Gasteiger partial charge in [-0.2, -0.15) is 5.26 Å². The van der Waals surface area contributed by atoms with Crippen LogP contribution >= 0.6 is 0 Å². The normalized spacial score (nSPS) is 10.7. The first-order valence-electron chi connectivity index (χ1n) is 8.08. The molecule has 0 atom stereocenters. The molecule has 3 nitrogen and oxygen atoms in total. The number of rotatable bonds is 4. The summed E-state index contributed by atoms with van der Waals surface area (Å²) in [5.41, 5.74) is 4.66. The predicted octanol–water partition coefficient (Wildman–Crippen LogP) is 4.25. The molecule has 0 bridgehead atoms. The largest absolute Gasteiger partial charge is 0.311 e. The van der Waals surface area contributed by atoms with Gasteiger partial charge < -0.3 is 4.57 Å². The van der Waals surface area contributed by atoms with Gasteiger partial charge in [-0.1, -0.05) is 54.1 Å². The van der Waals surface area contributed by atoms with E-state index in [4.69, 9.17) is 5.26 Å². The van der Waals surface area contributed by atoms with Gasteiger partial charge in [0, 0.05) is 12.3 Å². The lowest BCUT2D eigenvalue weighted by Crippen LogP contribution is -2.19. The van der Waals surface area contributed by atoms with Crippen molar-refractivity contribution >= 4 is 12.2 Å². The van der Waals surface area contributed by atoms with Crippen molar-refractivity contribution in [2.24, 2.45) is 0 Å². The van der Waals surface area contributed by atoms with Crippen LogP contribution in [0.4, 0.5) is 0 Å². The van der Waals surface area contributed by atoms with E-state index in [1.54, 1.807) is 29.0 Å². The first-order valence-corrected chi connectivity index (χ1v) is 8.08. The molecule has 0 spiro atoms. The third-order valence-electron chi connectivity index (χ3n) is 3.94. The number of hydrogen-bond donors (Lipinski definition) is 0. The molecule has 0 aliphatic heterocycles. The lowest BCUT2D eigenvalue weighted by molar-refractivity contribution is 0.758. The Labute approximate surface area is 147 Å². The molecule has 0 saturated heterocycles. The molecule has 0 aliphatic rings. The first-order chi connectivity index (χ1) is 12.1. The van der Waals surface area contributed by atoms with Crippen LogP contribution in [-0.2, 0) is 6.54 Å². The molecular formula is C22H18N2O. The maximum atomic E-state index is 12.3. The molecule has 1 aromatic heterocycles. The van der Waals surface area contributed by atoms with Crippen molar-refractivity contribution in [3.05, 3.63) is 105 Å². The van der Waals surface area contributed by atoms with Crippen LogP contribution in [-0.4, -0.2) is 4.57 Å². The zero-order valence-electron chi connectivity index (χ0n) is 14.0. The van der Waals surface area contributed by atoms with Crippen LogP contribution in [0.5, 0.6) is 0 Å². The van der Waals surface area contributed by atoms with Gasteiger partial charge in [0.05, 0.1) is 18.2 Å². The zero-order chi connectivity index (χ0) is 17.6. The molecule has 0 amide bonds. The Hall–Kier alpha value is -3.38. The van der Waals surface area contributed by atoms with Gasteiger partial charge in [-0.3, -0.25) is 4.79 Å². The highest BCUT2D eigenvalue weighted by Crippen LogP contribution is 2.10. The molecule has 25 heavy (non-hydrogen) atoms. The molecule has 2 aromatic carbocycles. The lowest BCUT2D eigenvalue weighted by atomic mass is 10.1. The number of nitriles is 1. The van der Waals surface area contributed by atoms with Gasteiger partial charge in [0.25, 0.3) is 5.56 Å². The van der Waals surface area contributed by atoms with E-state index in [0.717, 1.165) is 16.7 Å². The molecule has 3 rings (SSSR count). The number of benzene rings is 2. The monoisotopic (exact) mass is 326 g/mol. The molecule has 0 radical (unpaired) electrons. The lowest BCUT2D eigenvalue weighted by Gasteiger charge is -2.06. The maximum absolute atomic E-state index is 12.3. The highest BCUT2D eigenvalue weighted by Gasteiger charge is 2.00. The zero-order valence-corrected chi connectivity index (χ0v) is 14.0. The van der Waals surface area contributed by atoms with E-state index >= 15 is 0 Å². The van der Waals surface area contributed by atoms with Gasteiger partial charge in [-0.05, 0) is 41.8 Å². The summed E-state index contributed by atoms with van der Waals surface area (Å²) in [5.74, 6) is 0. The van der Waals surface area contributed by atoms with Crippen LogP contribution in [0.15, 0.2) is 71.7 Å². The quantitative estimate of drug-likeness (QED) is 0.719. The number of aryl methyl sites for hydroxylation is 1. The summed E-state index contributed by atoms with van der Waals surface area (Å²) in [4.78, 5) is 12.3. The van der Waals surface area contributed by atoms with Crippen LogP contribution in [0.3, 0.4) is 0 Å². The minimum Gasteiger partial charge on any atom is -0.311 e. The third-order valence-corrected chi connectivity index (χ3v) is 3.94.